The zero-order valence-electron chi connectivity index (χ0n) is 12.5. The number of carbonyl (C=O) groups excluding carboxylic acids is 2. The van der Waals surface area contributed by atoms with E-state index in [4.69, 9.17) is 0 Å². The van der Waals surface area contributed by atoms with E-state index in [0.29, 0.717) is 23.3 Å². The summed E-state index contributed by atoms with van der Waals surface area (Å²) in [5.74, 6) is 0.0661. The fourth-order valence-corrected chi connectivity index (χ4v) is 3.42. The average Bonchev–Trinajstić information content (AvgIpc) is 2.88. The van der Waals surface area contributed by atoms with E-state index in [1.165, 1.54) is 6.92 Å². The van der Waals surface area contributed by atoms with Gasteiger partial charge in [-0.05, 0) is 38.8 Å². The molecule has 3 heterocycles. The minimum absolute atomic E-state index is 0. The number of Topliss-reactive ketones (excluding diaryl/α,β-unsaturated/α-hetero) is 1. The Labute approximate surface area is 131 Å². The van der Waals surface area contributed by atoms with Crippen LogP contribution in [0.4, 0.5) is 0 Å². The zero-order chi connectivity index (χ0) is 14.3. The highest BCUT2D eigenvalue weighted by Gasteiger charge is 2.39. The second-order valence-corrected chi connectivity index (χ2v) is 5.87. The van der Waals surface area contributed by atoms with Crippen LogP contribution < -0.4 is 5.32 Å². The number of fused-ring (bicyclic) bond motifs is 2. The third kappa shape index (κ3) is 2.85. The lowest BCUT2D eigenvalue weighted by Gasteiger charge is -2.28. The van der Waals surface area contributed by atoms with Crippen molar-refractivity contribution >= 4 is 24.1 Å². The number of aromatic nitrogens is 1. The molecule has 2 atom stereocenters. The molecule has 0 aliphatic carbocycles. The summed E-state index contributed by atoms with van der Waals surface area (Å²) < 4.78 is 1.77. The molecule has 2 aliphatic rings. The van der Waals surface area contributed by atoms with Crippen LogP contribution >= 0.6 is 12.4 Å². The van der Waals surface area contributed by atoms with Crippen LogP contribution in [0.5, 0.6) is 0 Å². The minimum Gasteiger partial charge on any atom is -0.346 e. The number of hydrogen-bond acceptors (Lipinski definition) is 3. The summed E-state index contributed by atoms with van der Waals surface area (Å²) >= 11 is 0. The van der Waals surface area contributed by atoms with Crippen molar-refractivity contribution in [3.05, 3.63) is 23.5 Å². The van der Waals surface area contributed by atoms with Crippen molar-refractivity contribution in [3.63, 3.8) is 0 Å². The number of hydrogen-bond donors (Lipinski definition) is 1. The van der Waals surface area contributed by atoms with Gasteiger partial charge in [-0.3, -0.25) is 9.59 Å². The monoisotopic (exact) mass is 311 g/mol. The summed E-state index contributed by atoms with van der Waals surface area (Å²) in [6, 6.07) is 2.37. The highest BCUT2D eigenvalue weighted by atomic mass is 35.5. The third-order valence-corrected chi connectivity index (χ3v) is 4.52. The van der Waals surface area contributed by atoms with Gasteiger partial charge in [-0.25, -0.2) is 0 Å². The van der Waals surface area contributed by atoms with Gasteiger partial charge in [0.1, 0.15) is 5.69 Å². The topological polar surface area (TPSA) is 54.3 Å². The Bertz CT molecular complexity index is 541. The number of aryl methyl sites for hydroxylation is 1. The van der Waals surface area contributed by atoms with E-state index < -0.39 is 0 Å². The molecule has 3 rings (SSSR count). The van der Waals surface area contributed by atoms with Crippen LogP contribution in [0.25, 0.3) is 0 Å². The molecular formula is C15H22ClN3O2. The number of amides is 1. The van der Waals surface area contributed by atoms with Gasteiger partial charge in [-0.1, -0.05) is 0 Å². The average molecular weight is 312 g/mol. The van der Waals surface area contributed by atoms with Gasteiger partial charge >= 0.3 is 0 Å². The summed E-state index contributed by atoms with van der Waals surface area (Å²) in [5, 5.41) is 3.40. The Balaban J connectivity index is 0.00000161. The molecule has 0 spiro atoms. The van der Waals surface area contributed by atoms with E-state index in [1.807, 2.05) is 11.9 Å². The fraction of sp³-hybridized carbons (Fsp3) is 0.600. The number of halogens is 1. The first-order chi connectivity index (χ1) is 9.58. The van der Waals surface area contributed by atoms with Crippen LogP contribution in [0, 0.1) is 0 Å². The number of rotatable bonds is 2. The quantitative estimate of drug-likeness (QED) is 0.844. The molecule has 2 unspecified atom stereocenters. The largest absolute Gasteiger partial charge is 0.346 e. The lowest BCUT2D eigenvalue weighted by atomic mass is 10.1. The van der Waals surface area contributed by atoms with Gasteiger partial charge in [0, 0.05) is 37.4 Å². The van der Waals surface area contributed by atoms with E-state index in [-0.39, 0.29) is 24.1 Å². The van der Waals surface area contributed by atoms with Gasteiger partial charge in [0.2, 0.25) is 0 Å². The van der Waals surface area contributed by atoms with E-state index in [2.05, 4.69) is 5.32 Å². The lowest BCUT2D eigenvalue weighted by Crippen LogP contribution is -2.43. The minimum atomic E-state index is 0. The number of ketones is 1. The maximum atomic E-state index is 12.8. The van der Waals surface area contributed by atoms with Crippen LogP contribution in [-0.4, -0.2) is 46.3 Å². The zero-order valence-corrected chi connectivity index (χ0v) is 13.3. The molecule has 2 saturated heterocycles. The van der Waals surface area contributed by atoms with E-state index >= 15 is 0 Å². The van der Waals surface area contributed by atoms with Gasteiger partial charge in [0.05, 0.1) is 0 Å². The smallest absolute Gasteiger partial charge is 0.271 e. The Kier molecular flexibility index (Phi) is 4.74. The number of nitrogens with one attached hydrogen (secondary N) is 1. The maximum Gasteiger partial charge on any atom is 0.271 e. The summed E-state index contributed by atoms with van der Waals surface area (Å²) in [4.78, 5) is 26.3. The van der Waals surface area contributed by atoms with Crippen molar-refractivity contribution in [1.82, 2.24) is 14.8 Å². The first-order valence-corrected chi connectivity index (χ1v) is 7.28. The van der Waals surface area contributed by atoms with E-state index in [0.717, 1.165) is 32.4 Å². The summed E-state index contributed by atoms with van der Waals surface area (Å²) in [6.07, 6.45) is 4.94. The highest BCUT2D eigenvalue weighted by molar-refractivity contribution is 5.99. The third-order valence-electron chi connectivity index (χ3n) is 4.52. The Morgan fingerprint density at radius 1 is 1.24 bits per heavy atom. The molecule has 1 amide bonds. The van der Waals surface area contributed by atoms with E-state index in [9.17, 15) is 9.59 Å². The summed E-state index contributed by atoms with van der Waals surface area (Å²) in [6.45, 7) is 3.39. The first kappa shape index (κ1) is 16.0. The Morgan fingerprint density at radius 3 is 2.62 bits per heavy atom. The van der Waals surface area contributed by atoms with Crippen LogP contribution in [-0.2, 0) is 7.05 Å². The van der Waals surface area contributed by atoms with Crippen LogP contribution in [0.1, 0.15) is 47.0 Å². The van der Waals surface area contributed by atoms with Crippen LogP contribution in [0.15, 0.2) is 12.3 Å². The van der Waals surface area contributed by atoms with Gasteiger partial charge < -0.3 is 14.8 Å². The summed E-state index contributed by atoms with van der Waals surface area (Å²) in [5.41, 5.74) is 1.23. The molecule has 2 aliphatic heterocycles. The number of carbonyl (C=O) groups is 2. The van der Waals surface area contributed by atoms with Crippen molar-refractivity contribution in [2.75, 3.05) is 13.1 Å². The molecule has 1 aromatic rings. The number of nitrogens with zero attached hydrogens (tertiary/aromatic N) is 2. The standard InChI is InChI=1S/C15H21N3O2.ClH/c1-10(19)11-7-14(17(2)9-11)15(20)18-12-3-4-13(18)8-16-6-5-12;/h7,9,12-13,16H,3-6,8H2,1-2H3;1H. The molecule has 116 valence electrons. The second kappa shape index (κ2) is 6.20. The normalized spacial score (nSPS) is 24.4. The molecule has 1 N–H and O–H groups in total. The lowest BCUT2D eigenvalue weighted by molar-refractivity contribution is 0.0670. The molecule has 1 aromatic heterocycles. The molecule has 0 radical (unpaired) electrons. The first-order valence-electron chi connectivity index (χ1n) is 7.28. The predicted molar refractivity (Wildman–Crippen MR) is 83.1 cm³/mol. The molecule has 2 fully saturated rings. The van der Waals surface area contributed by atoms with Gasteiger partial charge in [-0.15, -0.1) is 12.4 Å². The molecular weight excluding hydrogens is 290 g/mol. The van der Waals surface area contributed by atoms with Gasteiger partial charge in [-0.2, -0.15) is 0 Å². The van der Waals surface area contributed by atoms with Crippen molar-refractivity contribution < 1.29 is 9.59 Å². The molecule has 21 heavy (non-hydrogen) atoms. The fourth-order valence-electron chi connectivity index (χ4n) is 3.42. The SMILES string of the molecule is CC(=O)c1cc(C(=O)N2C3CCNCC2CC3)n(C)c1.Cl. The Hall–Kier alpha value is -1.33. The molecule has 2 bridgehead atoms. The molecule has 0 aromatic carbocycles. The molecule has 5 nitrogen and oxygen atoms in total. The van der Waals surface area contributed by atoms with Crippen molar-refractivity contribution in [2.24, 2.45) is 7.05 Å². The van der Waals surface area contributed by atoms with Gasteiger partial charge in [0.25, 0.3) is 5.91 Å². The highest BCUT2D eigenvalue weighted by Crippen LogP contribution is 2.29. The Morgan fingerprint density at radius 2 is 1.95 bits per heavy atom. The molecule has 6 heteroatoms. The van der Waals surface area contributed by atoms with Crippen molar-refractivity contribution in [2.45, 2.75) is 38.3 Å². The van der Waals surface area contributed by atoms with Crippen LogP contribution in [0.3, 0.4) is 0 Å². The van der Waals surface area contributed by atoms with Crippen LogP contribution in [0.2, 0.25) is 0 Å². The maximum absolute atomic E-state index is 12.8. The summed E-state index contributed by atoms with van der Waals surface area (Å²) in [7, 11) is 1.83. The van der Waals surface area contributed by atoms with Gasteiger partial charge in [0.15, 0.2) is 5.78 Å². The van der Waals surface area contributed by atoms with Crippen molar-refractivity contribution in [1.29, 1.82) is 0 Å². The van der Waals surface area contributed by atoms with Crippen molar-refractivity contribution in [3.8, 4) is 0 Å². The van der Waals surface area contributed by atoms with E-state index in [1.54, 1.807) is 16.8 Å². The predicted octanol–water partition coefficient (Wildman–Crippen LogP) is 1.62. The second-order valence-electron chi connectivity index (χ2n) is 5.87. The molecule has 0 saturated carbocycles.